The predicted octanol–water partition coefficient (Wildman–Crippen LogP) is 0.703. The van der Waals surface area contributed by atoms with E-state index in [1.165, 1.54) is 0 Å². The van der Waals surface area contributed by atoms with E-state index in [9.17, 15) is 5.11 Å². The number of nitrogens with zero attached hydrogens (tertiary/aromatic N) is 1. The molecule has 0 aromatic heterocycles. The van der Waals surface area contributed by atoms with Crippen LogP contribution in [0.5, 0.6) is 0 Å². The van der Waals surface area contributed by atoms with Gasteiger partial charge in [0.05, 0.1) is 0 Å². The monoisotopic (exact) mass is 298 g/mol. The molecule has 0 aliphatic carbocycles. The normalized spacial score (nSPS) is 25.9. The molecule has 0 amide bonds. The van der Waals surface area contributed by atoms with Crippen LogP contribution in [0.1, 0.15) is 5.56 Å². The Hall–Kier alpha value is -1.18. The molecule has 0 bridgehead atoms. The number of hydrogen-bond donors (Lipinski definition) is 4. The maximum absolute atomic E-state index is 10.3. The van der Waals surface area contributed by atoms with Gasteiger partial charge < -0.3 is 15.7 Å². The summed E-state index contributed by atoms with van der Waals surface area (Å²) >= 11 is 8.28. The number of nitrogens with one attached hydrogen (secondary N) is 3. The van der Waals surface area contributed by atoms with E-state index in [0.717, 1.165) is 15.7 Å². The molecule has 1 aromatic rings. The quantitative estimate of drug-likeness (QED) is 0.531. The molecule has 1 aromatic carbocycles. The van der Waals surface area contributed by atoms with Gasteiger partial charge in [0, 0.05) is 15.7 Å². The van der Waals surface area contributed by atoms with Crippen molar-refractivity contribution in [2.75, 3.05) is 5.32 Å². The van der Waals surface area contributed by atoms with Crippen LogP contribution in [0.15, 0.2) is 27.8 Å². The fourth-order valence-corrected chi connectivity index (χ4v) is 2.36. The van der Waals surface area contributed by atoms with Crippen molar-refractivity contribution < 1.29 is 5.11 Å². The van der Waals surface area contributed by atoms with Gasteiger partial charge in [0.2, 0.25) is 0 Å². The number of halogens is 1. The minimum Gasteiger partial charge on any atom is -0.349 e. The standard InChI is InChI=1S/C9H7BrN4OS/c10-4-1-2-6-5(3-4)7-9(15,11-6)12-8(16)14-13-7/h1-3,11,15H,(H2,12,14,16)/t9-/m0/s1. The Morgan fingerprint density at radius 1 is 1.38 bits per heavy atom. The van der Waals surface area contributed by atoms with Crippen LogP contribution in [0.25, 0.3) is 0 Å². The second kappa shape index (κ2) is 3.16. The SMILES string of the molecule is O[C@@]12NC(=S)NN=C1c1cc(Br)ccc1N2. The van der Waals surface area contributed by atoms with Crippen LogP contribution in [-0.2, 0) is 0 Å². The number of anilines is 1. The molecular formula is C9H7BrN4OS. The lowest BCUT2D eigenvalue weighted by Crippen LogP contribution is -2.62. The van der Waals surface area contributed by atoms with Crippen LogP contribution in [0.2, 0.25) is 0 Å². The predicted molar refractivity (Wildman–Crippen MR) is 68.1 cm³/mol. The highest BCUT2D eigenvalue weighted by molar-refractivity contribution is 9.10. The third kappa shape index (κ3) is 1.32. The Kier molecular flexibility index (Phi) is 1.97. The van der Waals surface area contributed by atoms with E-state index in [-0.39, 0.29) is 5.11 Å². The summed E-state index contributed by atoms with van der Waals surface area (Å²) < 4.78 is 0.924. The van der Waals surface area contributed by atoms with E-state index in [1.54, 1.807) is 0 Å². The van der Waals surface area contributed by atoms with Gasteiger partial charge in [-0.3, -0.25) is 5.43 Å². The Labute approximate surface area is 105 Å². The van der Waals surface area contributed by atoms with Gasteiger partial charge in [0.15, 0.2) is 5.11 Å². The number of hydrazone groups is 1. The Morgan fingerprint density at radius 2 is 2.19 bits per heavy atom. The van der Waals surface area contributed by atoms with Crippen molar-refractivity contribution in [3.63, 3.8) is 0 Å². The van der Waals surface area contributed by atoms with E-state index in [0.29, 0.717) is 5.71 Å². The third-order valence-electron chi connectivity index (χ3n) is 2.46. The molecule has 0 radical (unpaired) electrons. The van der Waals surface area contributed by atoms with Gasteiger partial charge in [0.1, 0.15) is 5.71 Å². The van der Waals surface area contributed by atoms with Crippen molar-refractivity contribution in [1.82, 2.24) is 10.7 Å². The minimum absolute atomic E-state index is 0.283. The first-order chi connectivity index (χ1) is 7.58. The molecule has 2 aliphatic heterocycles. The molecule has 5 nitrogen and oxygen atoms in total. The molecular weight excluding hydrogens is 292 g/mol. The zero-order chi connectivity index (χ0) is 11.3. The summed E-state index contributed by atoms with van der Waals surface area (Å²) in [4.78, 5) is 0. The molecule has 16 heavy (non-hydrogen) atoms. The van der Waals surface area contributed by atoms with E-state index in [2.05, 4.69) is 37.1 Å². The maximum Gasteiger partial charge on any atom is 0.264 e. The molecule has 7 heteroatoms. The maximum atomic E-state index is 10.3. The van der Waals surface area contributed by atoms with Crippen molar-refractivity contribution >= 4 is 44.7 Å². The molecule has 0 fully saturated rings. The van der Waals surface area contributed by atoms with Gasteiger partial charge in [-0.05, 0) is 30.4 Å². The van der Waals surface area contributed by atoms with E-state index in [1.807, 2.05) is 18.2 Å². The van der Waals surface area contributed by atoms with Crippen LogP contribution in [-0.4, -0.2) is 21.8 Å². The number of fused-ring (bicyclic) bond motifs is 3. The molecule has 82 valence electrons. The Bertz CT molecular complexity index is 532. The minimum atomic E-state index is -1.41. The lowest BCUT2D eigenvalue weighted by Gasteiger charge is -2.29. The molecule has 1 atom stereocenters. The lowest BCUT2D eigenvalue weighted by molar-refractivity contribution is 0.127. The summed E-state index contributed by atoms with van der Waals surface area (Å²) in [5, 5.41) is 20.3. The van der Waals surface area contributed by atoms with Crippen molar-refractivity contribution in [1.29, 1.82) is 0 Å². The lowest BCUT2D eigenvalue weighted by atomic mass is 10.1. The molecule has 0 saturated heterocycles. The number of aliphatic hydroxyl groups is 1. The molecule has 0 saturated carbocycles. The zero-order valence-corrected chi connectivity index (χ0v) is 10.3. The van der Waals surface area contributed by atoms with E-state index in [4.69, 9.17) is 12.2 Å². The smallest absolute Gasteiger partial charge is 0.264 e. The number of benzene rings is 1. The molecule has 3 rings (SSSR count). The van der Waals surface area contributed by atoms with Gasteiger partial charge in [-0.1, -0.05) is 15.9 Å². The second-order valence-electron chi connectivity index (χ2n) is 3.55. The highest BCUT2D eigenvalue weighted by Gasteiger charge is 2.44. The molecule has 2 heterocycles. The van der Waals surface area contributed by atoms with Gasteiger partial charge in [-0.15, -0.1) is 0 Å². The second-order valence-corrected chi connectivity index (χ2v) is 4.88. The van der Waals surface area contributed by atoms with Crippen LogP contribution >= 0.6 is 28.1 Å². The van der Waals surface area contributed by atoms with Crippen molar-refractivity contribution in [2.24, 2.45) is 5.10 Å². The van der Waals surface area contributed by atoms with Crippen LogP contribution in [0, 0.1) is 0 Å². The fraction of sp³-hybridized carbons (Fsp3) is 0.111. The largest absolute Gasteiger partial charge is 0.349 e. The summed E-state index contributed by atoms with van der Waals surface area (Å²) in [5.41, 5.74) is 4.76. The molecule has 0 spiro atoms. The van der Waals surface area contributed by atoms with Crippen molar-refractivity contribution in [3.8, 4) is 0 Å². The summed E-state index contributed by atoms with van der Waals surface area (Å²) in [6.45, 7) is 0. The van der Waals surface area contributed by atoms with E-state index < -0.39 is 5.85 Å². The average Bonchev–Trinajstić information content (AvgIpc) is 2.48. The average molecular weight is 299 g/mol. The number of hydrogen-bond acceptors (Lipinski definition) is 4. The van der Waals surface area contributed by atoms with Gasteiger partial charge in [-0.25, -0.2) is 0 Å². The number of rotatable bonds is 0. The third-order valence-corrected chi connectivity index (χ3v) is 3.15. The van der Waals surface area contributed by atoms with Crippen LogP contribution in [0.3, 0.4) is 0 Å². The molecule has 0 unspecified atom stereocenters. The first-order valence-electron chi connectivity index (χ1n) is 4.55. The van der Waals surface area contributed by atoms with Gasteiger partial charge in [-0.2, -0.15) is 5.10 Å². The Morgan fingerprint density at radius 3 is 3.00 bits per heavy atom. The topological polar surface area (TPSA) is 68.7 Å². The van der Waals surface area contributed by atoms with E-state index >= 15 is 0 Å². The summed E-state index contributed by atoms with van der Waals surface area (Å²) in [5.74, 6) is -1.41. The Balaban J connectivity index is 2.17. The highest BCUT2D eigenvalue weighted by Crippen LogP contribution is 2.33. The number of thiocarbonyl (C=S) groups is 1. The van der Waals surface area contributed by atoms with Crippen LogP contribution < -0.4 is 16.1 Å². The molecule has 2 aliphatic rings. The summed E-state index contributed by atoms with van der Waals surface area (Å²) in [6.07, 6.45) is 0. The van der Waals surface area contributed by atoms with Gasteiger partial charge in [0.25, 0.3) is 5.85 Å². The first kappa shape index (κ1) is 10.0. The highest BCUT2D eigenvalue weighted by atomic mass is 79.9. The summed E-state index contributed by atoms with van der Waals surface area (Å²) in [6, 6.07) is 5.64. The van der Waals surface area contributed by atoms with Crippen LogP contribution in [0.4, 0.5) is 5.69 Å². The summed E-state index contributed by atoms with van der Waals surface area (Å²) in [7, 11) is 0. The van der Waals surface area contributed by atoms with Crippen molar-refractivity contribution in [3.05, 3.63) is 28.2 Å². The first-order valence-corrected chi connectivity index (χ1v) is 5.75. The zero-order valence-electron chi connectivity index (χ0n) is 7.91. The van der Waals surface area contributed by atoms with Gasteiger partial charge >= 0.3 is 0 Å². The van der Waals surface area contributed by atoms with Crippen molar-refractivity contribution in [2.45, 2.75) is 5.85 Å². The fourth-order valence-electron chi connectivity index (χ4n) is 1.80. The molecule has 4 N–H and O–H groups in total.